The highest BCUT2D eigenvalue weighted by atomic mass is 32.1. The van der Waals surface area contributed by atoms with Crippen molar-refractivity contribution in [3.05, 3.63) is 74.6 Å². The number of aromatic amines is 1. The molecule has 2 aromatic carbocycles. The highest BCUT2D eigenvalue weighted by Gasteiger charge is 2.22. The molecule has 6 heteroatoms. The summed E-state index contributed by atoms with van der Waals surface area (Å²) in [6.45, 7) is 10.2. The average Bonchev–Trinajstić information content (AvgIpc) is 3.25. The first-order valence-corrected chi connectivity index (χ1v) is 11.6. The van der Waals surface area contributed by atoms with E-state index < -0.39 is 0 Å². The molecule has 0 saturated carbocycles. The zero-order valence-electron chi connectivity index (χ0n) is 19.2. The van der Waals surface area contributed by atoms with E-state index in [1.165, 1.54) is 16.7 Å². The zero-order valence-corrected chi connectivity index (χ0v) is 20.1. The summed E-state index contributed by atoms with van der Waals surface area (Å²) in [7, 11) is 0. The molecule has 1 saturated heterocycles. The van der Waals surface area contributed by atoms with Gasteiger partial charge in [0.15, 0.2) is 5.11 Å². The Morgan fingerprint density at radius 2 is 1.91 bits per heavy atom. The maximum atomic E-state index is 12.9. The fourth-order valence-electron chi connectivity index (χ4n) is 4.25. The molecule has 0 amide bonds. The molecule has 1 fully saturated rings. The van der Waals surface area contributed by atoms with Crippen molar-refractivity contribution in [1.82, 2.24) is 9.88 Å². The van der Waals surface area contributed by atoms with Crippen LogP contribution in [0.1, 0.15) is 40.7 Å². The molecule has 0 spiro atoms. The number of aryl methyl sites for hydroxylation is 4. The lowest BCUT2D eigenvalue weighted by molar-refractivity contribution is 0.0904. The zero-order chi connectivity index (χ0) is 22.8. The summed E-state index contributed by atoms with van der Waals surface area (Å²) in [5, 5.41) is 5.03. The Labute approximate surface area is 194 Å². The van der Waals surface area contributed by atoms with E-state index in [1.54, 1.807) is 0 Å². The van der Waals surface area contributed by atoms with Gasteiger partial charge in [0.1, 0.15) is 0 Å². The summed E-state index contributed by atoms with van der Waals surface area (Å²) < 4.78 is 5.88. The van der Waals surface area contributed by atoms with Crippen molar-refractivity contribution >= 4 is 33.9 Å². The minimum absolute atomic E-state index is 0.0765. The Morgan fingerprint density at radius 1 is 1.12 bits per heavy atom. The van der Waals surface area contributed by atoms with Gasteiger partial charge in [0.2, 0.25) is 0 Å². The lowest BCUT2D eigenvalue weighted by Gasteiger charge is -2.28. The van der Waals surface area contributed by atoms with Crippen molar-refractivity contribution in [2.75, 3.05) is 18.5 Å². The normalized spacial score (nSPS) is 15.8. The van der Waals surface area contributed by atoms with Crippen LogP contribution in [0.15, 0.2) is 41.2 Å². The SMILES string of the molecule is Cc1ccc(NC(=S)N(Cc2cc3cc(C)c(C)cc3[nH]c2=O)CC2CCCO2)c(C)c1. The summed E-state index contributed by atoms with van der Waals surface area (Å²) >= 11 is 5.81. The van der Waals surface area contributed by atoms with Crippen molar-refractivity contribution in [3.63, 3.8) is 0 Å². The van der Waals surface area contributed by atoms with Crippen molar-refractivity contribution in [1.29, 1.82) is 0 Å². The lowest BCUT2D eigenvalue weighted by atomic mass is 10.0. The fraction of sp³-hybridized carbons (Fsp3) is 0.385. The number of rotatable bonds is 5. The first-order chi connectivity index (χ1) is 15.3. The van der Waals surface area contributed by atoms with E-state index in [2.05, 4.69) is 67.2 Å². The maximum absolute atomic E-state index is 12.9. The van der Waals surface area contributed by atoms with E-state index in [4.69, 9.17) is 17.0 Å². The molecule has 1 unspecified atom stereocenters. The Bertz CT molecular complexity index is 1210. The van der Waals surface area contributed by atoms with Gasteiger partial charge in [0, 0.05) is 29.9 Å². The number of nitrogens with one attached hydrogen (secondary N) is 2. The molecule has 1 aromatic heterocycles. The van der Waals surface area contributed by atoms with Gasteiger partial charge in [-0.05, 0) is 99.1 Å². The van der Waals surface area contributed by atoms with Crippen molar-refractivity contribution in [3.8, 4) is 0 Å². The number of aromatic nitrogens is 1. The number of hydrogen-bond acceptors (Lipinski definition) is 3. The Morgan fingerprint density at radius 3 is 2.62 bits per heavy atom. The quantitative estimate of drug-likeness (QED) is 0.528. The van der Waals surface area contributed by atoms with Crippen molar-refractivity contribution in [2.45, 2.75) is 53.2 Å². The monoisotopic (exact) mass is 449 g/mol. The van der Waals surface area contributed by atoms with Crippen LogP contribution in [0.4, 0.5) is 5.69 Å². The summed E-state index contributed by atoms with van der Waals surface area (Å²) in [5.41, 5.74) is 7.19. The van der Waals surface area contributed by atoms with E-state index in [0.29, 0.717) is 23.8 Å². The summed E-state index contributed by atoms with van der Waals surface area (Å²) in [6, 6.07) is 12.4. The van der Waals surface area contributed by atoms with Crippen LogP contribution in [-0.4, -0.2) is 34.3 Å². The third-order valence-electron chi connectivity index (χ3n) is 6.26. The minimum atomic E-state index is -0.0765. The Kier molecular flexibility index (Phi) is 6.63. The number of nitrogens with zero attached hydrogens (tertiary/aromatic N) is 1. The number of ether oxygens (including phenoxy) is 1. The number of benzene rings is 2. The number of thiocarbonyl (C=S) groups is 1. The van der Waals surface area contributed by atoms with Crippen LogP contribution in [0.5, 0.6) is 0 Å². The molecule has 0 radical (unpaired) electrons. The Balaban J connectivity index is 1.62. The van der Waals surface area contributed by atoms with Gasteiger partial charge in [0.05, 0.1) is 12.6 Å². The number of fused-ring (bicyclic) bond motifs is 1. The number of H-pyrrole nitrogens is 1. The van der Waals surface area contributed by atoms with Crippen LogP contribution in [0, 0.1) is 27.7 Å². The second-order valence-electron chi connectivity index (χ2n) is 8.91. The molecule has 1 atom stereocenters. The molecule has 4 rings (SSSR count). The predicted octanol–water partition coefficient (Wildman–Crippen LogP) is 5.14. The van der Waals surface area contributed by atoms with Gasteiger partial charge in [0.25, 0.3) is 5.56 Å². The van der Waals surface area contributed by atoms with Gasteiger partial charge in [-0.25, -0.2) is 0 Å². The summed E-state index contributed by atoms with van der Waals surface area (Å²) in [5.74, 6) is 0. The molecule has 3 aromatic rings. The van der Waals surface area contributed by atoms with E-state index in [-0.39, 0.29) is 11.7 Å². The molecular formula is C26H31N3O2S. The van der Waals surface area contributed by atoms with Crippen LogP contribution < -0.4 is 10.9 Å². The molecule has 2 heterocycles. The molecule has 0 aliphatic carbocycles. The first-order valence-electron chi connectivity index (χ1n) is 11.2. The molecule has 1 aliphatic heterocycles. The van der Waals surface area contributed by atoms with Crippen LogP contribution >= 0.6 is 12.2 Å². The smallest absolute Gasteiger partial charge is 0.253 e. The van der Waals surface area contributed by atoms with Gasteiger partial charge in [-0.3, -0.25) is 4.79 Å². The molecule has 5 nitrogen and oxygen atoms in total. The highest BCUT2D eigenvalue weighted by molar-refractivity contribution is 7.80. The van der Waals surface area contributed by atoms with Crippen LogP contribution in [0.2, 0.25) is 0 Å². The first kappa shape index (κ1) is 22.5. The Hall–Kier alpha value is -2.70. The van der Waals surface area contributed by atoms with E-state index in [0.717, 1.165) is 41.6 Å². The third kappa shape index (κ3) is 5.03. The fourth-order valence-corrected chi connectivity index (χ4v) is 4.50. The minimum Gasteiger partial charge on any atom is -0.376 e. The molecule has 168 valence electrons. The topological polar surface area (TPSA) is 57.4 Å². The number of anilines is 1. The summed E-state index contributed by atoms with van der Waals surface area (Å²) in [6.07, 6.45) is 2.19. The van der Waals surface area contributed by atoms with Gasteiger partial charge < -0.3 is 19.9 Å². The van der Waals surface area contributed by atoms with E-state index >= 15 is 0 Å². The number of hydrogen-bond donors (Lipinski definition) is 2. The molecule has 2 N–H and O–H groups in total. The second-order valence-corrected chi connectivity index (χ2v) is 9.30. The predicted molar refractivity (Wildman–Crippen MR) is 136 cm³/mol. The third-order valence-corrected chi connectivity index (χ3v) is 6.62. The lowest BCUT2D eigenvalue weighted by Crippen LogP contribution is -2.40. The van der Waals surface area contributed by atoms with Gasteiger partial charge in [-0.1, -0.05) is 17.7 Å². The molecular weight excluding hydrogens is 418 g/mol. The van der Waals surface area contributed by atoms with Gasteiger partial charge in [-0.15, -0.1) is 0 Å². The second kappa shape index (κ2) is 9.43. The molecule has 1 aliphatic rings. The average molecular weight is 450 g/mol. The molecule has 32 heavy (non-hydrogen) atoms. The van der Waals surface area contributed by atoms with Gasteiger partial charge in [-0.2, -0.15) is 0 Å². The highest BCUT2D eigenvalue weighted by Crippen LogP contribution is 2.21. The standard InChI is InChI=1S/C26H31N3O2S/c1-16-7-8-23(19(4)10-16)28-26(32)29(15-22-6-5-9-31-22)14-21-13-20-11-17(2)18(3)12-24(20)27-25(21)30/h7-8,10-13,22H,5-6,9,14-15H2,1-4H3,(H,27,30)(H,28,32). The van der Waals surface area contributed by atoms with E-state index in [9.17, 15) is 4.79 Å². The summed E-state index contributed by atoms with van der Waals surface area (Å²) in [4.78, 5) is 18.0. The van der Waals surface area contributed by atoms with Crippen LogP contribution in [0.25, 0.3) is 10.9 Å². The van der Waals surface area contributed by atoms with Crippen molar-refractivity contribution in [2.24, 2.45) is 0 Å². The van der Waals surface area contributed by atoms with Gasteiger partial charge >= 0.3 is 0 Å². The van der Waals surface area contributed by atoms with E-state index in [1.807, 2.05) is 12.1 Å². The molecule has 0 bridgehead atoms. The maximum Gasteiger partial charge on any atom is 0.253 e. The largest absolute Gasteiger partial charge is 0.376 e. The van der Waals surface area contributed by atoms with Crippen molar-refractivity contribution < 1.29 is 4.74 Å². The van der Waals surface area contributed by atoms with Crippen LogP contribution in [-0.2, 0) is 11.3 Å². The number of pyridine rings is 1. The van der Waals surface area contributed by atoms with Crippen LogP contribution in [0.3, 0.4) is 0 Å².